The van der Waals surface area contributed by atoms with Crippen LogP contribution in [0.15, 0.2) is 36.9 Å². The maximum absolute atomic E-state index is 12.2. The van der Waals surface area contributed by atoms with Crippen molar-refractivity contribution in [3.05, 3.63) is 42.5 Å². The normalized spacial score (nSPS) is 22.5. The summed E-state index contributed by atoms with van der Waals surface area (Å²) < 4.78 is 12.7. The Morgan fingerprint density at radius 1 is 1.41 bits per heavy atom. The van der Waals surface area contributed by atoms with Gasteiger partial charge in [0.15, 0.2) is 5.60 Å². The van der Waals surface area contributed by atoms with Crippen molar-refractivity contribution in [2.75, 3.05) is 6.61 Å². The molecule has 0 amide bonds. The second kappa shape index (κ2) is 5.88. The van der Waals surface area contributed by atoms with Crippen molar-refractivity contribution in [2.24, 2.45) is 0 Å². The van der Waals surface area contributed by atoms with Gasteiger partial charge in [-0.05, 0) is 44.4 Å². The van der Waals surface area contributed by atoms with Crippen LogP contribution in [0, 0.1) is 0 Å². The minimum absolute atomic E-state index is 0.294. The van der Waals surface area contributed by atoms with Gasteiger partial charge in [-0.1, -0.05) is 12.1 Å². The predicted molar refractivity (Wildman–Crippen MR) is 79.5 cm³/mol. The van der Waals surface area contributed by atoms with Gasteiger partial charge < -0.3 is 9.47 Å². The average Bonchev–Trinajstić information content (AvgIpc) is 3.19. The summed E-state index contributed by atoms with van der Waals surface area (Å²) in [6.45, 7) is 4.27. The van der Waals surface area contributed by atoms with E-state index in [0.29, 0.717) is 13.0 Å². The molecule has 0 saturated carbocycles. The van der Waals surface area contributed by atoms with Crippen LogP contribution in [-0.2, 0) is 14.3 Å². The van der Waals surface area contributed by atoms with E-state index in [9.17, 15) is 4.79 Å². The van der Waals surface area contributed by atoms with Crippen LogP contribution < -0.4 is 0 Å². The number of ether oxygens (including phenoxy) is 2. The maximum atomic E-state index is 12.2. The molecule has 0 radical (unpaired) electrons. The smallest absolute Gasteiger partial charge is 0.338 e. The molecule has 0 bridgehead atoms. The quantitative estimate of drug-likeness (QED) is 0.811. The Labute approximate surface area is 129 Å². The molecule has 2 atom stereocenters. The molecule has 1 aliphatic heterocycles. The first kappa shape index (κ1) is 14.7. The molecule has 6 heteroatoms. The van der Waals surface area contributed by atoms with Gasteiger partial charge in [0.1, 0.15) is 18.8 Å². The molecule has 3 rings (SSSR count). The van der Waals surface area contributed by atoms with Gasteiger partial charge in [0.05, 0.1) is 5.69 Å². The number of carbonyl (C=O) groups is 1. The van der Waals surface area contributed by atoms with Gasteiger partial charge >= 0.3 is 5.97 Å². The summed E-state index contributed by atoms with van der Waals surface area (Å²) in [6, 6.07) is 7.68. The highest BCUT2D eigenvalue weighted by Gasteiger charge is 2.40. The molecule has 22 heavy (non-hydrogen) atoms. The lowest BCUT2D eigenvalue weighted by Gasteiger charge is -2.24. The molecular formula is C16H19N3O3. The second-order valence-electron chi connectivity index (χ2n) is 5.66. The summed E-state index contributed by atoms with van der Waals surface area (Å²) in [5.41, 5.74) is 1.04. The Bertz CT molecular complexity index is 631. The molecule has 1 aromatic carbocycles. The molecule has 116 valence electrons. The number of nitrogens with zero attached hydrogens (tertiary/aromatic N) is 3. The van der Waals surface area contributed by atoms with Gasteiger partial charge in [-0.3, -0.25) is 0 Å². The fourth-order valence-electron chi connectivity index (χ4n) is 2.53. The highest BCUT2D eigenvalue weighted by atomic mass is 16.6. The molecule has 2 aromatic rings. The Hall–Kier alpha value is -2.21. The predicted octanol–water partition coefficient (Wildman–Crippen LogP) is 2.44. The van der Waals surface area contributed by atoms with E-state index in [1.54, 1.807) is 17.9 Å². The summed E-state index contributed by atoms with van der Waals surface area (Å²) in [5, 5.41) is 4.07. The summed E-state index contributed by atoms with van der Waals surface area (Å²) in [6.07, 6.45) is 4.41. The molecule has 1 aromatic heterocycles. The number of esters is 1. The fraction of sp³-hybridized carbons (Fsp3) is 0.438. The first-order valence-corrected chi connectivity index (χ1v) is 7.38. The number of rotatable bonds is 4. The minimum atomic E-state index is -0.797. The second-order valence-corrected chi connectivity index (χ2v) is 5.66. The molecule has 6 nitrogen and oxygen atoms in total. The highest BCUT2D eigenvalue weighted by Crippen LogP contribution is 2.29. The molecule has 0 N–H and O–H groups in total. The molecular weight excluding hydrogens is 282 g/mol. The van der Waals surface area contributed by atoms with E-state index in [-0.39, 0.29) is 12.1 Å². The number of hydrogen-bond donors (Lipinski definition) is 0. The summed E-state index contributed by atoms with van der Waals surface area (Å²) >= 11 is 0. The van der Waals surface area contributed by atoms with E-state index < -0.39 is 5.60 Å². The van der Waals surface area contributed by atoms with Gasteiger partial charge in [-0.15, -0.1) is 0 Å². The monoisotopic (exact) mass is 301 g/mol. The Balaban J connectivity index is 1.67. The summed E-state index contributed by atoms with van der Waals surface area (Å²) in [4.78, 5) is 16.2. The number of hydrogen-bond acceptors (Lipinski definition) is 5. The van der Waals surface area contributed by atoms with Crippen LogP contribution in [0.4, 0.5) is 0 Å². The molecule has 2 heterocycles. The molecule has 1 fully saturated rings. The molecule has 0 aliphatic carbocycles. The third-order valence-corrected chi connectivity index (χ3v) is 3.98. The van der Waals surface area contributed by atoms with Crippen molar-refractivity contribution in [1.29, 1.82) is 0 Å². The first-order valence-electron chi connectivity index (χ1n) is 7.38. The standard InChI is InChI=1S/C16H19N3O3/c1-12(22-15(20)16(2)8-3-9-21-16)13-4-6-14(7-5-13)19-11-17-10-18-19/h4-7,10-12H,3,8-9H2,1-2H3/t12-,16+/m0/s1. The van der Waals surface area contributed by atoms with Gasteiger partial charge in [0.2, 0.25) is 0 Å². The van der Waals surface area contributed by atoms with Crippen LogP contribution in [0.25, 0.3) is 5.69 Å². The maximum Gasteiger partial charge on any atom is 0.338 e. The van der Waals surface area contributed by atoms with Crippen molar-refractivity contribution in [2.45, 2.75) is 38.4 Å². The zero-order valence-electron chi connectivity index (χ0n) is 12.7. The SMILES string of the molecule is C[C@H](OC(=O)[C@@]1(C)CCCO1)c1ccc(-n2cncn2)cc1. The van der Waals surface area contributed by atoms with Crippen molar-refractivity contribution < 1.29 is 14.3 Å². The lowest BCUT2D eigenvalue weighted by atomic mass is 10.0. The average molecular weight is 301 g/mol. The molecule has 1 saturated heterocycles. The van der Waals surface area contributed by atoms with E-state index in [1.807, 2.05) is 31.2 Å². The van der Waals surface area contributed by atoms with Crippen molar-refractivity contribution in [3.63, 3.8) is 0 Å². The largest absolute Gasteiger partial charge is 0.456 e. The van der Waals surface area contributed by atoms with Crippen LogP contribution in [0.2, 0.25) is 0 Å². The number of carbonyl (C=O) groups excluding carboxylic acids is 1. The Morgan fingerprint density at radius 3 is 2.77 bits per heavy atom. The van der Waals surface area contributed by atoms with Crippen molar-refractivity contribution in [3.8, 4) is 5.69 Å². The van der Waals surface area contributed by atoms with E-state index in [4.69, 9.17) is 9.47 Å². The lowest BCUT2D eigenvalue weighted by molar-refractivity contribution is -0.170. The van der Waals surface area contributed by atoms with Crippen LogP contribution in [-0.4, -0.2) is 32.9 Å². The fourth-order valence-corrected chi connectivity index (χ4v) is 2.53. The van der Waals surface area contributed by atoms with E-state index in [2.05, 4.69) is 10.1 Å². The van der Waals surface area contributed by atoms with E-state index in [0.717, 1.165) is 17.7 Å². The minimum Gasteiger partial charge on any atom is -0.456 e. The van der Waals surface area contributed by atoms with Gasteiger partial charge in [-0.25, -0.2) is 14.5 Å². The first-order chi connectivity index (χ1) is 10.6. The number of aromatic nitrogens is 3. The third-order valence-electron chi connectivity index (χ3n) is 3.98. The van der Waals surface area contributed by atoms with Crippen LogP contribution in [0.1, 0.15) is 38.4 Å². The third kappa shape index (κ3) is 2.87. The molecule has 0 spiro atoms. The van der Waals surface area contributed by atoms with Gasteiger partial charge in [-0.2, -0.15) is 5.10 Å². The van der Waals surface area contributed by atoms with Crippen molar-refractivity contribution >= 4 is 5.97 Å². The van der Waals surface area contributed by atoms with E-state index in [1.165, 1.54) is 6.33 Å². The zero-order chi connectivity index (χ0) is 15.6. The summed E-state index contributed by atoms with van der Waals surface area (Å²) in [5.74, 6) is -0.294. The van der Waals surface area contributed by atoms with Crippen LogP contribution >= 0.6 is 0 Å². The highest BCUT2D eigenvalue weighted by molar-refractivity contribution is 5.79. The van der Waals surface area contributed by atoms with E-state index >= 15 is 0 Å². The lowest BCUT2D eigenvalue weighted by Crippen LogP contribution is -2.36. The molecule has 0 unspecified atom stereocenters. The van der Waals surface area contributed by atoms with Crippen LogP contribution in [0.5, 0.6) is 0 Å². The topological polar surface area (TPSA) is 66.2 Å². The van der Waals surface area contributed by atoms with Gasteiger partial charge in [0, 0.05) is 6.61 Å². The summed E-state index contributed by atoms with van der Waals surface area (Å²) in [7, 11) is 0. The Morgan fingerprint density at radius 2 is 2.18 bits per heavy atom. The van der Waals surface area contributed by atoms with Crippen molar-refractivity contribution in [1.82, 2.24) is 14.8 Å². The Kier molecular flexibility index (Phi) is 3.94. The zero-order valence-corrected chi connectivity index (χ0v) is 12.7. The van der Waals surface area contributed by atoms with Crippen LogP contribution in [0.3, 0.4) is 0 Å². The number of benzene rings is 1. The van der Waals surface area contributed by atoms with Gasteiger partial charge in [0.25, 0.3) is 0 Å². The molecule has 1 aliphatic rings.